The lowest BCUT2D eigenvalue weighted by Gasteiger charge is -2.11. The molecule has 130 valence electrons. The van der Waals surface area contributed by atoms with Crippen LogP contribution in [0.2, 0.25) is 0 Å². The molecule has 6 heteroatoms. The second kappa shape index (κ2) is 16.1. The van der Waals surface area contributed by atoms with E-state index in [1.54, 1.807) is 7.11 Å². The van der Waals surface area contributed by atoms with Crippen molar-refractivity contribution in [2.24, 2.45) is 4.99 Å². The van der Waals surface area contributed by atoms with E-state index in [1.807, 2.05) is 6.92 Å². The van der Waals surface area contributed by atoms with Gasteiger partial charge in [0.25, 0.3) is 0 Å². The summed E-state index contributed by atoms with van der Waals surface area (Å²) in [4.78, 5) is 15.7. The van der Waals surface area contributed by atoms with Crippen molar-refractivity contribution >= 4 is 11.9 Å². The van der Waals surface area contributed by atoms with Gasteiger partial charge in [-0.2, -0.15) is 0 Å². The van der Waals surface area contributed by atoms with Crippen molar-refractivity contribution in [1.29, 1.82) is 0 Å². The van der Waals surface area contributed by atoms with Crippen molar-refractivity contribution in [3.8, 4) is 0 Å². The van der Waals surface area contributed by atoms with E-state index in [9.17, 15) is 4.79 Å². The fourth-order valence-electron chi connectivity index (χ4n) is 1.93. The van der Waals surface area contributed by atoms with Crippen molar-refractivity contribution in [1.82, 2.24) is 10.6 Å². The second-order valence-electron chi connectivity index (χ2n) is 5.00. The Balaban J connectivity index is 3.61. The maximum atomic E-state index is 11.2. The molecule has 0 amide bonds. The number of methoxy groups -OCH3 is 1. The van der Waals surface area contributed by atoms with Crippen molar-refractivity contribution in [2.75, 3.05) is 40.0 Å². The largest absolute Gasteiger partial charge is 0.466 e. The molecule has 0 unspecified atom stereocenters. The Morgan fingerprint density at radius 3 is 2.50 bits per heavy atom. The number of unbranched alkanes of at least 4 members (excludes halogenated alkanes) is 3. The van der Waals surface area contributed by atoms with E-state index in [0.717, 1.165) is 64.3 Å². The summed E-state index contributed by atoms with van der Waals surface area (Å²) in [6.07, 6.45) is 5.61. The molecule has 6 nitrogen and oxygen atoms in total. The lowest BCUT2D eigenvalue weighted by molar-refractivity contribution is -0.143. The molecule has 0 rings (SSSR count). The molecule has 0 heterocycles. The Hall–Kier alpha value is -1.30. The highest BCUT2D eigenvalue weighted by Gasteiger charge is 2.01. The molecule has 2 N–H and O–H groups in total. The Bertz CT molecular complexity index is 296. The Kier molecular flexibility index (Phi) is 15.1. The van der Waals surface area contributed by atoms with Crippen LogP contribution in [0.3, 0.4) is 0 Å². The van der Waals surface area contributed by atoms with E-state index < -0.39 is 0 Å². The van der Waals surface area contributed by atoms with Gasteiger partial charge in [-0.05, 0) is 33.1 Å². The number of hydrogen-bond donors (Lipinski definition) is 2. The number of ether oxygens (including phenoxy) is 2. The molecule has 0 aliphatic rings. The predicted octanol–water partition coefficient (Wildman–Crippen LogP) is 2.09. The van der Waals surface area contributed by atoms with Crippen LogP contribution in [-0.2, 0) is 14.3 Å². The van der Waals surface area contributed by atoms with Gasteiger partial charge >= 0.3 is 5.97 Å². The average molecular weight is 315 g/mol. The minimum Gasteiger partial charge on any atom is -0.466 e. The van der Waals surface area contributed by atoms with Crippen molar-refractivity contribution in [3.05, 3.63) is 0 Å². The Morgan fingerprint density at radius 2 is 1.82 bits per heavy atom. The fraction of sp³-hybridized carbons (Fsp3) is 0.875. The van der Waals surface area contributed by atoms with Crippen molar-refractivity contribution in [2.45, 2.75) is 52.4 Å². The second-order valence-corrected chi connectivity index (χ2v) is 5.00. The number of carbonyl (C=O) groups is 1. The summed E-state index contributed by atoms with van der Waals surface area (Å²) in [5.74, 6) is 0.781. The number of guanidine groups is 1. The topological polar surface area (TPSA) is 72.0 Å². The first-order valence-corrected chi connectivity index (χ1v) is 8.41. The molecule has 0 saturated carbocycles. The number of esters is 1. The minimum absolute atomic E-state index is 0.0850. The molecular weight excluding hydrogens is 282 g/mol. The molecule has 22 heavy (non-hydrogen) atoms. The van der Waals surface area contributed by atoms with Gasteiger partial charge in [-0.25, -0.2) is 0 Å². The molecule has 0 radical (unpaired) electrons. The summed E-state index contributed by atoms with van der Waals surface area (Å²) < 4.78 is 9.91. The van der Waals surface area contributed by atoms with Gasteiger partial charge < -0.3 is 20.1 Å². The monoisotopic (exact) mass is 315 g/mol. The molecule has 0 saturated heterocycles. The van der Waals surface area contributed by atoms with E-state index in [1.165, 1.54) is 0 Å². The third-order valence-electron chi connectivity index (χ3n) is 3.03. The molecule has 0 atom stereocenters. The summed E-state index contributed by atoms with van der Waals surface area (Å²) >= 11 is 0. The SMILES string of the molecule is CCNC(=NCCCOC)NCCCCCCC(=O)OCC. The van der Waals surface area contributed by atoms with Gasteiger partial charge in [0, 0.05) is 39.8 Å². The maximum Gasteiger partial charge on any atom is 0.305 e. The van der Waals surface area contributed by atoms with Crippen LogP contribution in [0.4, 0.5) is 0 Å². The normalized spacial score (nSPS) is 11.3. The standard InChI is InChI=1S/C16H33N3O3/c1-4-17-16(19-13-10-14-21-3)18-12-9-7-6-8-11-15(20)22-5-2/h4-14H2,1-3H3,(H2,17,18,19). The van der Waals surface area contributed by atoms with Crippen LogP contribution in [-0.4, -0.2) is 51.9 Å². The molecule has 0 aromatic heterocycles. The minimum atomic E-state index is -0.0850. The maximum absolute atomic E-state index is 11.2. The molecular formula is C16H33N3O3. The smallest absolute Gasteiger partial charge is 0.305 e. The average Bonchev–Trinajstić information content (AvgIpc) is 2.50. The summed E-state index contributed by atoms with van der Waals surface area (Å²) in [6, 6.07) is 0. The van der Waals surface area contributed by atoms with Crippen LogP contribution in [0.5, 0.6) is 0 Å². The van der Waals surface area contributed by atoms with Crippen LogP contribution in [0.1, 0.15) is 52.4 Å². The number of rotatable bonds is 13. The van der Waals surface area contributed by atoms with Crippen LogP contribution in [0.15, 0.2) is 4.99 Å². The number of aliphatic imine (C=N–C) groups is 1. The molecule has 0 bridgehead atoms. The van der Waals surface area contributed by atoms with E-state index in [0.29, 0.717) is 13.0 Å². The predicted molar refractivity (Wildman–Crippen MR) is 90.2 cm³/mol. The number of hydrogen-bond acceptors (Lipinski definition) is 4. The fourth-order valence-corrected chi connectivity index (χ4v) is 1.93. The first kappa shape index (κ1) is 20.7. The van der Waals surface area contributed by atoms with Crippen molar-refractivity contribution in [3.63, 3.8) is 0 Å². The first-order chi connectivity index (χ1) is 10.7. The highest BCUT2D eigenvalue weighted by atomic mass is 16.5. The van der Waals surface area contributed by atoms with Gasteiger partial charge in [0.2, 0.25) is 0 Å². The van der Waals surface area contributed by atoms with Crippen LogP contribution < -0.4 is 10.6 Å². The zero-order chi connectivity index (χ0) is 16.5. The van der Waals surface area contributed by atoms with Crippen LogP contribution in [0.25, 0.3) is 0 Å². The highest BCUT2D eigenvalue weighted by molar-refractivity contribution is 5.79. The quantitative estimate of drug-likeness (QED) is 0.236. The Labute approximate surface area is 135 Å². The first-order valence-electron chi connectivity index (χ1n) is 8.41. The van der Waals surface area contributed by atoms with Gasteiger partial charge in [0.05, 0.1) is 6.61 Å². The van der Waals surface area contributed by atoms with Crippen molar-refractivity contribution < 1.29 is 14.3 Å². The molecule has 0 aliphatic carbocycles. The lowest BCUT2D eigenvalue weighted by Crippen LogP contribution is -2.37. The van der Waals surface area contributed by atoms with Gasteiger partial charge in [-0.15, -0.1) is 0 Å². The third kappa shape index (κ3) is 13.7. The molecule has 0 aliphatic heterocycles. The van der Waals surface area contributed by atoms with Gasteiger partial charge in [0.15, 0.2) is 5.96 Å². The number of nitrogens with zero attached hydrogens (tertiary/aromatic N) is 1. The zero-order valence-corrected chi connectivity index (χ0v) is 14.5. The highest BCUT2D eigenvalue weighted by Crippen LogP contribution is 2.03. The molecule has 0 aromatic carbocycles. The van der Waals surface area contributed by atoms with Gasteiger partial charge in [-0.3, -0.25) is 9.79 Å². The molecule has 0 aromatic rings. The van der Waals surface area contributed by atoms with Gasteiger partial charge in [-0.1, -0.05) is 12.8 Å². The summed E-state index contributed by atoms with van der Waals surface area (Å²) in [5, 5.41) is 6.55. The lowest BCUT2D eigenvalue weighted by atomic mass is 10.1. The van der Waals surface area contributed by atoms with E-state index in [4.69, 9.17) is 9.47 Å². The Morgan fingerprint density at radius 1 is 1.05 bits per heavy atom. The molecule has 0 spiro atoms. The van der Waals surface area contributed by atoms with E-state index in [-0.39, 0.29) is 5.97 Å². The van der Waals surface area contributed by atoms with Crippen LogP contribution in [0, 0.1) is 0 Å². The summed E-state index contributed by atoms with van der Waals surface area (Å²) in [7, 11) is 1.70. The summed E-state index contributed by atoms with van der Waals surface area (Å²) in [6.45, 7) is 7.63. The van der Waals surface area contributed by atoms with Crippen LogP contribution >= 0.6 is 0 Å². The number of carbonyl (C=O) groups excluding carboxylic acids is 1. The zero-order valence-electron chi connectivity index (χ0n) is 14.5. The number of nitrogens with one attached hydrogen (secondary N) is 2. The van der Waals surface area contributed by atoms with Gasteiger partial charge in [0.1, 0.15) is 0 Å². The van der Waals surface area contributed by atoms with E-state index >= 15 is 0 Å². The molecule has 0 fully saturated rings. The summed E-state index contributed by atoms with van der Waals surface area (Å²) in [5.41, 5.74) is 0. The van der Waals surface area contributed by atoms with E-state index in [2.05, 4.69) is 22.5 Å². The third-order valence-corrected chi connectivity index (χ3v) is 3.03.